The van der Waals surface area contributed by atoms with Gasteiger partial charge in [-0.05, 0) is 25.5 Å². The highest BCUT2D eigenvalue weighted by Gasteiger charge is 2.24. The molecule has 25 heavy (non-hydrogen) atoms. The minimum Gasteiger partial charge on any atom is -0.291 e. The van der Waals surface area contributed by atoms with Crippen LogP contribution in [0.25, 0.3) is 5.69 Å². The van der Waals surface area contributed by atoms with Crippen LogP contribution in [0.5, 0.6) is 0 Å². The summed E-state index contributed by atoms with van der Waals surface area (Å²) in [5.41, 5.74) is 2.94. The Morgan fingerprint density at radius 1 is 1.24 bits per heavy atom. The van der Waals surface area contributed by atoms with E-state index in [1.54, 1.807) is 17.1 Å². The monoisotopic (exact) mass is 337 g/mol. The number of benzene rings is 1. The van der Waals surface area contributed by atoms with E-state index < -0.39 is 0 Å². The van der Waals surface area contributed by atoms with Crippen molar-refractivity contribution >= 4 is 11.8 Å². The van der Waals surface area contributed by atoms with Gasteiger partial charge in [0, 0.05) is 23.9 Å². The number of hydrogen-bond donors (Lipinski definition) is 1. The smallest absolute Gasteiger partial charge is 0.291 e. The molecule has 0 saturated carbocycles. The summed E-state index contributed by atoms with van der Waals surface area (Å²) >= 11 is 0. The van der Waals surface area contributed by atoms with Crippen LogP contribution in [0.3, 0.4) is 0 Å². The third-order valence-corrected chi connectivity index (χ3v) is 4.54. The normalized spacial score (nSPS) is 11.5. The molecule has 2 aromatic heterocycles. The van der Waals surface area contributed by atoms with Crippen LogP contribution in [0.1, 0.15) is 38.4 Å². The van der Waals surface area contributed by atoms with Gasteiger partial charge < -0.3 is 0 Å². The van der Waals surface area contributed by atoms with Crippen molar-refractivity contribution in [3.8, 4) is 5.69 Å². The lowest BCUT2D eigenvalue weighted by Crippen LogP contribution is -2.19. The van der Waals surface area contributed by atoms with E-state index in [9.17, 15) is 4.79 Å². The van der Waals surface area contributed by atoms with Crippen LogP contribution in [-0.2, 0) is 5.41 Å². The van der Waals surface area contributed by atoms with Gasteiger partial charge in [0.25, 0.3) is 0 Å². The van der Waals surface area contributed by atoms with E-state index in [0.29, 0.717) is 5.82 Å². The quantitative estimate of drug-likeness (QED) is 0.778. The molecule has 0 aliphatic carbocycles. The minimum atomic E-state index is -0.272. The molecule has 0 aliphatic heterocycles. The van der Waals surface area contributed by atoms with Gasteiger partial charge in [-0.3, -0.25) is 9.88 Å². The average molecular weight is 337 g/mol. The van der Waals surface area contributed by atoms with Gasteiger partial charge in [-0.15, -0.1) is 0 Å². The summed E-state index contributed by atoms with van der Waals surface area (Å²) in [6, 6.07) is 9.73. The van der Waals surface area contributed by atoms with Gasteiger partial charge in [0.2, 0.25) is 0 Å². The zero-order valence-electron chi connectivity index (χ0n) is 15.0. The van der Waals surface area contributed by atoms with Crippen molar-refractivity contribution in [2.75, 3.05) is 5.32 Å². The van der Waals surface area contributed by atoms with Crippen LogP contribution >= 0.6 is 0 Å². The van der Waals surface area contributed by atoms with Crippen molar-refractivity contribution in [3.05, 3.63) is 60.3 Å². The van der Waals surface area contributed by atoms with Gasteiger partial charge in [0.1, 0.15) is 12.1 Å². The molecule has 0 unspecified atom stereocenters. The fourth-order valence-corrected chi connectivity index (χ4v) is 2.42. The van der Waals surface area contributed by atoms with Crippen molar-refractivity contribution in [1.82, 2.24) is 19.3 Å². The van der Waals surface area contributed by atoms with Crippen molar-refractivity contribution in [2.45, 2.75) is 39.5 Å². The van der Waals surface area contributed by atoms with Gasteiger partial charge in [0.15, 0.2) is 0 Å². The molecule has 0 atom stereocenters. The molecule has 130 valence electrons. The van der Waals surface area contributed by atoms with Crippen LogP contribution in [0, 0.1) is 6.92 Å². The lowest BCUT2D eigenvalue weighted by atomic mass is 9.87. The zero-order valence-corrected chi connectivity index (χ0v) is 15.0. The highest BCUT2D eigenvalue weighted by Crippen LogP contribution is 2.29. The first-order chi connectivity index (χ1) is 11.9. The molecule has 3 rings (SSSR count). The van der Waals surface area contributed by atoms with Crippen LogP contribution in [0.4, 0.5) is 10.6 Å². The highest BCUT2D eigenvalue weighted by atomic mass is 16.2. The molecule has 1 aromatic carbocycles. The van der Waals surface area contributed by atoms with Crippen molar-refractivity contribution in [2.24, 2.45) is 0 Å². The third-order valence-electron chi connectivity index (χ3n) is 4.54. The van der Waals surface area contributed by atoms with E-state index in [1.807, 2.05) is 37.3 Å². The predicted octanol–water partition coefficient (Wildman–Crippen LogP) is 4.15. The molecule has 6 nitrogen and oxygen atoms in total. The number of nitrogens with zero attached hydrogens (tertiary/aromatic N) is 4. The maximum absolute atomic E-state index is 12.4. The number of carbonyl (C=O) groups is 1. The first-order valence-electron chi connectivity index (χ1n) is 8.37. The Labute approximate surface area is 147 Å². The topological polar surface area (TPSA) is 64.7 Å². The molecule has 0 fully saturated rings. The Morgan fingerprint density at radius 2 is 1.96 bits per heavy atom. The molecule has 1 amide bonds. The molecule has 0 bridgehead atoms. The molecule has 1 N–H and O–H groups in total. The van der Waals surface area contributed by atoms with Gasteiger partial charge in [0.05, 0.1) is 11.4 Å². The summed E-state index contributed by atoms with van der Waals surface area (Å²) in [6.45, 7) is 8.47. The van der Waals surface area contributed by atoms with Crippen LogP contribution in [0.15, 0.2) is 49.1 Å². The summed E-state index contributed by atoms with van der Waals surface area (Å²) in [6.07, 6.45) is 5.60. The Kier molecular flexibility index (Phi) is 4.44. The van der Waals surface area contributed by atoms with Gasteiger partial charge in [-0.2, -0.15) is 5.10 Å². The Bertz CT molecular complexity index is 860. The molecular weight excluding hydrogens is 314 g/mol. The number of hydrogen-bond acceptors (Lipinski definition) is 3. The minimum absolute atomic E-state index is 0.0789. The molecule has 0 aliphatic rings. The van der Waals surface area contributed by atoms with Gasteiger partial charge in [-0.25, -0.2) is 14.5 Å². The summed E-state index contributed by atoms with van der Waals surface area (Å²) < 4.78 is 3.18. The second kappa shape index (κ2) is 6.55. The highest BCUT2D eigenvalue weighted by molar-refractivity contribution is 5.90. The maximum atomic E-state index is 12.4. The van der Waals surface area contributed by atoms with Crippen LogP contribution in [0.2, 0.25) is 0 Å². The summed E-state index contributed by atoms with van der Waals surface area (Å²) in [5.74, 6) is 0.638. The maximum Gasteiger partial charge on any atom is 0.332 e. The second-order valence-corrected chi connectivity index (χ2v) is 6.80. The molecule has 0 saturated heterocycles. The Morgan fingerprint density at radius 3 is 2.56 bits per heavy atom. The number of nitrogens with one attached hydrogen (secondary N) is 1. The van der Waals surface area contributed by atoms with Crippen LogP contribution in [-0.4, -0.2) is 25.4 Å². The number of carbonyl (C=O) groups excluding carboxylic acids is 1. The molecule has 6 heteroatoms. The van der Waals surface area contributed by atoms with Crippen molar-refractivity contribution in [3.63, 3.8) is 0 Å². The van der Waals surface area contributed by atoms with Gasteiger partial charge in [-0.1, -0.05) is 38.5 Å². The van der Waals surface area contributed by atoms with E-state index in [1.165, 1.54) is 16.5 Å². The fourth-order valence-electron chi connectivity index (χ4n) is 2.42. The lowest BCUT2D eigenvalue weighted by molar-refractivity contribution is 0.253. The van der Waals surface area contributed by atoms with Crippen LogP contribution < -0.4 is 5.32 Å². The summed E-state index contributed by atoms with van der Waals surface area (Å²) in [5, 5.41) is 7.69. The fraction of sp³-hybridized carbons (Fsp3) is 0.316. The van der Waals surface area contributed by atoms with E-state index in [2.05, 4.69) is 31.1 Å². The van der Waals surface area contributed by atoms with Crippen molar-refractivity contribution in [1.29, 1.82) is 0 Å². The predicted molar refractivity (Wildman–Crippen MR) is 98.3 cm³/mol. The number of aryl methyl sites for hydroxylation is 1. The second-order valence-electron chi connectivity index (χ2n) is 6.80. The molecule has 3 aromatic rings. The van der Waals surface area contributed by atoms with Crippen molar-refractivity contribution < 1.29 is 4.79 Å². The number of anilines is 1. The first kappa shape index (κ1) is 17.0. The lowest BCUT2D eigenvalue weighted by Gasteiger charge is -2.19. The Hall–Kier alpha value is -2.89. The van der Waals surface area contributed by atoms with E-state index in [0.717, 1.165) is 17.8 Å². The third kappa shape index (κ3) is 3.47. The average Bonchev–Trinajstić information content (AvgIpc) is 3.25. The van der Waals surface area contributed by atoms with E-state index in [-0.39, 0.29) is 11.4 Å². The number of aromatic nitrogens is 4. The molecule has 0 spiro atoms. The standard InChI is InChI=1S/C19H23N5O/c1-5-19(3,4)16-12-17(21-18(25)23-11-10-20-13-23)24(22-16)15-8-6-14(2)7-9-15/h6-13H,5H2,1-4H3,(H,21,25). The van der Waals surface area contributed by atoms with E-state index in [4.69, 9.17) is 5.10 Å². The SMILES string of the molecule is CCC(C)(C)c1cc(NC(=O)n2ccnc2)n(-c2ccc(C)cc2)n1. The summed E-state index contributed by atoms with van der Waals surface area (Å²) in [7, 11) is 0. The largest absolute Gasteiger partial charge is 0.332 e. The number of imidazole rings is 1. The van der Waals surface area contributed by atoms with E-state index >= 15 is 0 Å². The number of amides is 1. The first-order valence-corrected chi connectivity index (χ1v) is 8.37. The molecular formula is C19H23N5O. The summed E-state index contributed by atoms with van der Waals surface area (Å²) in [4.78, 5) is 16.3. The zero-order chi connectivity index (χ0) is 18.0. The molecule has 0 radical (unpaired) electrons. The Balaban J connectivity index is 2.02. The molecule has 2 heterocycles. The van der Waals surface area contributed by atoms with Gasteiger partial charge >= 0.3 is 6.03 Å². The number of rotatable bonds is 4.